The van der Waals surface area contributed by atoms with Gasteiger partial charge in [0.1, 0.15) is 0 Å². The third kappa shape index (κ3) is 4.14. The fraction of sp³-hybridized carbons (Fsp3) is 0.167. The van der Waals surface area contributed by atoms with E-state index in [1.807, 2.05) is 35.0 Å². The number of nitrogens with one attached hydrogen (secondary N) is 1. The molecular formula is C18H18N4O3. The van der Waals surface area contributed by atoms with Gasteiger partial charge in [0.05, 0.1) is 17.9 Å². The number of imidazole rings is 1. The van der Waals surface area contributed by atoms with Gasteiger partial charge in [-0.2, -0.15) is 0 Å². The highest BCUT2D eigenvalue weighted by Crippen LogP contribution is 2.31. The van der Waals surface area contributed by atoms with E-state index in [2.05, 4.69) is 10.3 Å². The lowest BCUT2D eigenvalue weighted by molar-refractivity contribution is -0.385. The molecule has 3 rings (SSSR count). The average Bonchev–Trinajstić information content (AvgIpc) is 3.10. The van der Waals surface area contributed by atoms with Crippen molar-refractivity contribution in [3.8, 4) is 5.75 Å². The van der Waals surface area contributed by atoms with Gasteiger partial charge in [0.25, 0.3) is 0 Å². The van der Waals surface area contributed by atoms with Gasteiger partial charge in [0.2, 0.25) is 0 Å². The maximum Gasteiger partial charge on any atom is 0.311 e. The Morgan fingerprint density at radius 1 is 1.20 bits per heavy atom. The van der Waals surface area contributed by atoms with E-state index in [1.165, 1.54) is 6.07 Å². The van der Waals surface area contributed by atoms with Crippen LogP contribution in [-0.2, 0) is 6.54 Å². The molecule has 7 nitrogen and oxygen atoms in total. The Morgan fingerprint density at radius 3 is 2.60 bits per heavy atom. The summed E-state index contributed by atoms with van der Waals surface area (Å²) in [4.78, 5) is 14.6. The average molecular weight is 338 g/mol. The van der Waals surface area contributed by atoms with Gasteiger partial charge in [0, 0.05) is 42.4 Å². The molecule has 0 atom stereocenters. The largest absolute Gasteiger partial charge is 0.487 e. The van der Waals surface area contributed by atoms with Crippen molar-refractivity contribution in [2.45, 2.75) is 13.5 Å². The van der Waals surface area contributed by atoms with E-state index in [4.69, 9.17) is 4.74 Å². The van der Waals surface area contributed by atoms with E-state index in [0.717, 1.165) is 23.5 Å². The number of nitro groups is 1. The van der Waals surface area contributed by atoms with Gasteiger partial charge in [-0.3, -0.25) is 10.1 Å². The minimum Gasteiger partial charge on any atom is -0.487 e. The Hall–Kier alpha value is -3.35. The molecule has 1 aromatic heterocycles. The SMILES string of the molecule is CCOc1cc(Nc2ccc(Cn3ccnc3)cc2)ccc1[N+](=O)[O-]. The van der Waals surface area contributed by atoms with Gasteiger partial charge in [-0.1, -0.05) is 12.1 Å². The summed E-state index contributed by atoms with van der Waals surface area (Å²) in [5.41, 5.74) is 2.74. The molecule has 0 aliphatic heterocycles. The molecule has 2 aromatic carbocycles. The Labute approximate surface area is 145 Å². The van der Waals surface area contributed by atoms with E-state index in [1.54, 1.807) is 31.6 Å². The molecule has 1 N–H and O–H groups in total. The molecule has 0 saturated carbocycles. The van der Waals surface area contributed by atoms with Crippen molar-refractivity contribution < 1.29 is 9.66 Å². The van der Waals surface area contributed by atoms with E-state index < -0.39 is 4.92 Å². The van der Waals surface area contributed by atoms with Crippen molar-refractivity contribution in [1.29, 1.82) is 0 Å². The number of benzene rings is 2. The second-order valence-corrected chi connectivity index (χ2v) is 5.43. The fourth-order valence-electron chi connectivity index (χ4n) is 2.47. The van der Waals surface area contributed by atoms with E-state index in [0.29, 0.717) is 6.61 Å². The van der Waals surface area contributed by atoms with Gasteiger partial charge < -0.3 is 14.6 Å². The highest BCUT2D eigenvalue weighted by molar-refractivity contribution is 5.65. The summed E-state index contributed by atoms with van der Waals surface area (Å²) in [5.74, 6) is 0.259. The van der Waals surface area contributed by atoms with Gasteiger partial charge >= 0.3 is 5.69 Å². The second-order valence-electron chi connectivity index (χ2n) is 5.43. The van der Waals surface area contributed by atoms with Crippen LogP contribution >= 0.6 is 0 Å². The molecule has 7 heteroatoms. The van der Waals surface area contributed by atoms with Crippen LogP contribution in [0, 0.1) is 10.1 Å². The van der Waals surface area contributed by atoms with Crippen LogP contribution < -0.4 is 10.1 Å². The zero-order valence-corrected chi connectivity index (χ0v) is 13.8. The number of aromatic nitrogens is 2. The molecule has 0 aliphatic carbocycles. The number of hydrogen-bond acceptors (Lipinski definition) is 5. The molecule has 0 saturated heterocycles. The third-order valence-corrected chi connectivity index (χ3v) is 3.62. The van der Waals surface area contributed by atoms with Crippen molar-refractivity contribution in [3.63, 3.8) is 0 Å². The monoisotopic (exact) mass is 338 g/mol. The zero-order valence-electron chi connectivity index (χ0n) is 13.8. The lowest BCUT2D eigenvalue weighted by Gasteiger charge is -2.10. The Balaban J connectivity index is 1.73. The molecule has 0 amide bonds. The van der Waals surface area contributed by atoms with Crippen LogP contribution in [0.1, 0.15) is 12.5 Å². The molecule has 0 spiro atoms. The predicted molar refractivity (Wildman–Crippen MR) is 95.3 cm³/mol. The molecule has 0 unspecified atom stereocenters. The van der Waals surface area contributed by atoms with E-state index >= 15 is 0 Å². The lowest BCUT2D eigenvalue weighted by atomic mass is 10.2. The fourth-order valence-corrected chi connectivity index (χ4v) is 2.47. The number of nitrogens with zero attached hydrogens (tertiary/aromatic N) is 3. The van der Waals surface area contributed by atoms with Crippen molar-refractivity contribution in [2.75, 3.05) is 11.9 Å². The van der Waals surface area contributed by atoms with Crippen molar-refractivity contribution in [2.24, 2.45) is 0 Å². The van der Waals surface area contributed by atoms with Crippen LogP contribution in [0.5, 0.6) is 5.75 Å². The standard InChI is InChI=1S/C18H18N4O3/c1-2-25-18-11-16(7-8-17(18)22(23)24)20-15-5-3-14(4-6-15)12-21-10-9-19-13-21/h3-11,13,20H,2,12H2,1H3. The highest BCUT2D eigenvalue weighted by Gasteiger charge is 2.15. The summed E-state index contributed by atoms with van der Waals surface area (Å²) in [5, 5.41) is 14.3. The normalized spacial score (nSPS) is 10.4. The Bertz CT molecular complexity index is 845. The molecule has 0 fully saturated rings. The minimum atomic E-state index is -0.445. The van der Waals surface area contributed by atoms with Gasteiger partial charge in [-0.05, 0) is 30.7 Å². The van der Waals surface area contributed by atoms with Crippen LogP contribution in [0.2, 0.25) is 0 Å². The van der Waals surface area contributed by atoms with Crippen LogP contribution in [-0.4, -0.2) is 21.1 Å². The first kappa shape index (κ1) is 16.5. The van der Waals surface area contributed by atoms with Crippen LogP contribution in [0.25, 0.3) is 0 Å². The highest BCUT2D eigenvalue weighted by atomic mass is 16.6. The number of anilines is 2. The maximum atomic E-state index is 11.0. The summed E-state index contributed by atoms with van der Waals surface area (Å²) < 4.78 is 7.36. The molecule has 0 bridgehead atoms. The van der Waals surface area contributed by atoms with Crippen LogP contribution in [0.15, 0.2) is 61.2 Å². The Kier molecular flexibility index (Phi) is 4.94. The van der Waals surface area contributed by atoms with Crippen molar-refractivity contribution in [1.82, 2.24) is 9.55 Å². The van der Waals surface area contributed by atoms with Gasteiger partial charge in [-0.15, -0.1) is 0 Å². The number of ether oxygens (including phenoxy) is 1. The van der Waals surface area contributed by atoms with Crippen molar-refractivity contribution in [3.05, 3.63) is 76.9 Å². The first-order valence-electron chi connectivity index (χ1n) is 7.88. The molecule has 3 aromatic rings. The summed E-state index contributed by atoms with van der Waals surface area (Å²) in [6.45, 7) is 2.92. The Morgan fingerprint density at radius 2 is 1.96 bits per heavy atom. The van der Waals surface area contributed by atoms with Gasteiger partial charge in [0.15, 0.2) is 5.75 Å². The third-order valence-electron chi connectivity index (χ3n) is 3.62. The number of hydrogen-bond donors (Lipinski definition) is 1. The van der Waals surface area contributed by atoms with E-state index in [9.17, 15) is 10.1 Å². The minimum absolute atomic E-state index is 0.0388. The summed E-state index contributed by atoms with van der Waals surface area (Å²) >= 11 is 0. The zero-order chi connectivity index (χ0) is 17.6. The smallest absolute Gasteiger partial charge is 0.311 e. The van der Waals surface area contributed by atoms with Crippen molar-refractivity contribution >= 4 is 17.1 Å². The molecule has 25 heavy (non-hydrogen) atoms. The molecule has 1 heterocycles. The summed E-state index contributed by atoms with van der Waals surface area (Å²) in [7, 11) is 0. The lowest BCUT2D eigenvalue weighted by Crippen LogP contribution is -1.99. The predicted octanol–water partition coefficient (Wildman–Crippen LogP) is 3.98. The topological polar surface area (TPSA) is 82.2 Å². The summed E-state index contributed by atoms with van der Waals surface area (Å²) in [6.07, 6.45) is 5.44. The first-order chi connectivity index (χ1) is 12.2. The quantitative estimate of drug-likeness (QED) is 0.520. The van der Waals surface area contributed by atoms with Crippen LogP contribution in [0.4, 0.5) is 17.1 Å². The molecule has 0 radical (unpaired) electrons. The summed E-state index contributed by atoms with van der Waals surface area (Å²) in [6, 6.07) is 12.7. The van der Waals surface area contributed by atoms with Crippen LogP contribution in [0.3, 0.4) is 0 Å². The molecule has 128 valence electrons. The first-order valence-corrected chi connectivity index (χ1v) is 7.88. The number of nitro benzene ring substituents is 1. The van der Waals surface area contributed by atoms with Gasteiger partial charge in [-0.25, -0.2) is 4.98 Å². The molecule has 0 aliphatic rings. The van der Waals surface area contributed by atoms with E-state index in [-0.39, 0.29) is 11.4 Å². The molecular weight excluding hydrogens is 320 g/mol. The number of rotatable bonds is 7. The maximum absolute atomic E-state index is 11.0. The second kappa shape index (κ2) is 7.48.